The number of ether oxygens (including phenoxy) is 1. The highest BCUT2D eigenvalue weighted by Crippen LogP contribution is 2.58. The van der Waals surface area contributed by atoms with Crippen molar-refractivity contribution in [3.05, 3.63) is 77.1 Å². The molecule has 2 aromatic heterocycles. The van der Waals surface area contributed by atoms with Crippen LogP contribution in [0.25, 0.3) is 22.2 Å². The molecule has 2 aromatic carbocycles. The average Bonchev–Trinajstić information content (AvgIpc) is 3.51. The number of halogens is 6. The minimum Gasteiger partial charge on any atom is -0.434 e. The van der Waals surface area contributed by atoms with Crippen LogP contribution >= 0.6 is 0 Å². The molecule has 7 rings (SSSR count). The van der Waals surface area contributed by atoms with Crippen LogP contribution in [0.5, 0.6) is 5.75 Å². The van der Waals surface area contributed by atoms with E-state index in [4.69, 9.17) is 9.72 Å². The number of nitrogens with zero attached hydrogens (tertiary/aromatic N) is 4. The van der Waals surface area contributed by atoms with E-state index in [9.17, 15) is 36.1 Å². The summed E-state index contributed by atoms with van der Waals surface area (Å²) in [6.45, 7) is 1.88. The van der Waals surface area contributed by atoms with Crippen LogP contribution in [0.3, 0.4) is 0 Å². The third-order valence-electron chi connectivity index (χ3n) is 9.96. The smallest absolute Gasteiger partial charge is 0.417 e. The van der Waals surface area contributed by atoms with Gasteiger partial charge in [-0.3, -0.25) is 14.0 Å². The first-order valence-corrected chi connectivity index (χ1v) is 16.9. The molecule has 1 amide bonds. The second-order valence-corrected chi connectivity index (χ2v) is 16.3. The fourth-order valence-corrected chi connectivity index (χ4v) is 8.79. The second kappa shape index (κ2) is 11.0. The fraction of sp³-hybridized carbons (Fsp3) is 0.441. The van der Waals surface area contributed by atoms with Crippen molar-refractivity contribution >= 4 is 27.7 Å². The van der Waals surface area contributed by atoms with Crippen LogP contribution in [0.2, 0.25) is 0 Å². The highest BCUT2D eigenvalue weighted by molar-refractivity contribution is 7.86. The maximum absolute atomic E-state index is 16.0. The molecule has 0 radical (unpaired) electrons. The largest absolute Gasteiger partial charge is 0.434 e. The van der Waals surface area contributed by atoms with Gasteiger partial charge in [-0.1, -0.05) is 12.1 Å². The van der Waals surface area contributed by atoms with Gasteiger partial charge in [-0.2, -0.15) is 22.0 Å². The summed E-state index contributed by atoms with van der Waals surface area (Å²) in [4.78, 5) is 24.0. The molecular weight excluding hydrogens is 674 g/mol. The molecule has 15 heteroatoms. The van der Waals surface area contributed by atoms with E-state index in [1.165, 1.54) is 23.2 Å². The first kappa shape index (κ1) is 33.5. The van der Waals surface area contributed by atoms with Crippen LogP contribution in [0.1, 0.15) is 79.6 Å². The predicted molar refractivity (Wildman–Crippen MR) is 168 cm³/mol. The van der Waals surface area contributed by atoms with Crippen LogP contribution in [0.4, 0.5) is 26.3 Å². The van der Waals surface area contributed by atoms with Gasteiger partial charge in [0.2, 0.25) is 0 Å². The summed E-state index contributed by atoms with van der Waals surface area (Å²) in [6.07, 6.45) is -5.02. The van der Waals surface area contributed by atoms with Crippen LogP contribution in [0, 0.1) is 5.82 Å². The number of amides is 1. The molecule has 4 aromatic rings. The summed E-state index contributed by atoms with van der Waals surface area (Å²) in [5.41, 5.74) is -2.51. The van der Waals surface area contributed by atoms with E-state index in [1.54, 1.807) is 52.1 Å². The van der Waals surface area contributed by atoms with Crippen molar-refractivity contribution in [3.8, 4) is 16.9 Å². The average molecular weight is 707 g/mol. The molecule has 3 aliphatic rings. The molecule has 2 aliphatic heterocycles. The zero-order chi connectivity index (χ0) is 35.4. The summed E-state index contributed by atoms with van der Waals surface area (Å²) < 4.78 is 103. The van der Waals surface area contributed by atoms with Crippen LogP contribution in [0.15, 0.2) is 48.7 Å². The molecule has 0 spiro atoms. The zero-order valence-electron chi connectivity index (χ0n) is 26.8. The molecule has 0 unspecified atom stereocenters. The van der Waals surface area contributed by atoms with Crippen molar-refractivity contribution < 1.29 is 45.2 Å². The lowest BCUT2D eigenvalue weighted by Gasteiger charge is -2.53. The Hall–Kier alpha value is -3.98. The maximum atomic E-state index is 16.0. The van der Waals surface area contributed by atoms with Crippen molar-refractivity contribution in [2.24, 2.45) is 0 Å². The molecule has 1 aliphatic carbocycles. The Balaban J connectivity index is 1.30. The Morgan fingerprint density at radius 2 is 1.80 bits per heavy atom. The Bertz CT molecular complexity index is 2040. The van der Waals surface area contributed by atoms with Crippen molar-refractivity contribution in [3.63, 3.8) is 0 Å². The molecule has 2 bridgehead atoms. The van der Waals surface area contributed by atoms with Crippen LogP contribution in [-0.2, 0) is 16.2 Å². The van der Waals surface area contributed by atoms with E-state index in [-0.39, 0.29) is 28.7 Å². The standard InChI is InChI=1S/C34H32F6N4O4S/c1-31(2,3)49(47)16-32(14-33(46,15-32)34(38,39)40)27-20(35)10-18(13-41-27)17-8-9-21-22(11-17)44-23-12-24(28(44)42-21)43(4)29(45)19-6-5-7-25(26(19)23)48-30(36)37/h5-11,13,23-24,30,46H,12,14-16H2,1-4H3/t23-,24-,32?,33?,49+/m1/s1. The van der Waals surface area contributed by atoms with E-state index in [0.29, 0.717) is 40.0 Å². The van der Waals surface area contributed by atoms with Crippen molar-refractivity contribution in [2.75, 3.05) is 12.8 Å². The van der Waals surface area contributed by atoms with E-state index < -0.39 is 70.1 Å². The van der Waals surface area contributed by atoms with Gasteiger partial charge in [0.25, 0.3) is 5.91 Å². The number of benzene rings is 2. The lowest BCUT2D eigenvalue weighted by molar-refractivity contribution is -0.302. The lowest BCUT2D eigenvalue weighted by Crippen LogP contribution is -2.65. The van der Waals surface area contributed by atoms with Crippen LogP contribution < -0.4 is 4.74 Å². The Kier molecular flexibility index (Phi) is 7.53. The number of hydrogen-bond acceptors (Lipinski definition) is 6. The molecule has 1 saturated carbocycles. The zero-order valence-corrected chi connectivity index (χ0v) is 27.6. The summed E-state index contributed by atoms with van der Waals surface area (Å²) in [6, 6.07) is 9.63. The van der Waals surface area contributed by atoms with Gasteiger partial charge in [0.1, 0.15) is 17.4 Å². The quantitative estimate of drug-likeness (QED) is 0.221. The molecular formula is C34H32F6N4O4S. The number of hydrogen-bond donors (Lipinski definition) is 1. The van der Waals surface area contributed by atoms with Gasteiger partial charge in [0.15, 0.2) is 5.60 Å². The highest BCUT2D eigenvalue weighted by atomic mass is 32.2. The fourth-order valence-electron chi connectivity index (χ4n) is 7.52. The Morgan fingerprint density at radius 3 is 2.43 bits per heavy atom. The van der Waals surface area contributed by atoms with Gasteiger partial charge in [0, 0.05) is 63.1 Å². The van der Waals surface area contributed by atoms with Crippen molar-refractivity contribution in [1.29, 1.82) is 0 Å². The molecule has 1 fully saturated rings. The number of aliphatic hydroxyl groups is 1. The van der Waals surface area contributed by atoms with Gasteiger partial charge >= 0.3 is 12.8 Å². The second-order valence-electron chi connectivity index (χ2n) is 14.1. The molecule has 260 valence electrons. The molecule has 1 N–H and O–H groups in total. The number of alkyl halides is 5. The lowest BCUT2D eigenvalue weighted by atomic mass is 9.58. The van der Waals surface area contributed by atoms with Gasteiger partial charge in [-0.15, -0.1) is 0 Å². The number of rotatable bonds is 6. The van der Waals surface area contributed by atoms with E-state index >= 15 is 4.39 Å². The summed E-state index contributed by atoms with van der Waals surface area (Å²) in [5, 5.41) is 10.3. The first-order valence-electron chi connectivity index (χ1n) is 15.5. The number of carbonyl (C=O) groups excluding carboxylic acids is 1. The monoisotopic (exact) mass is 706 g/mol. The SMILES string of the molecule is CN1C(=O)c2cccc(OC(F)F)c2[C@H]2C[C@@H]1c1nc3ccc(-c4cnc(C5(C[S@](=O)C(C)(C)C)CC(O)(C(F)(F)F)C5)c(F)c4)cc3n12. The third kappa shape index (κ3) is 5.22. The summed E-state index contributed by atoms with van der Waals surface area (Å²) in [7, 11) is -0.0533. The molecule has 0 saturated heterocycles. The topological polar surface area (TPSA) is 97.6 Å². The van der Waals surface area contributed by atoms with Crippen molar-refractivity contribution in [1.82, 2.24) is 19.4 Å². The third-order valence-corrected chi connectivity index (χ3v) is 12.1. The number of aromatic nitrogens is 3. The normalized spacial score (nSPS) is 25.6. The Labute approximate surface area is 279 Å². The first-order chi connectivity index (χ1) is 22.8. The predicted octanol–water partition coefficient (Wildman–Crippen LogP) is 6.83. The van der Waals surface area contributed by atoms with Gasteiger partial charge in [-0.05, 0) is 69.5 Å². The van der Waals surface area contributed by atoms with Gasteiger partial charge in [0.05, 0.1) is 28.8 Å². The van der Waals surface area contributed by atoms with E-state index in [0.717, 1.165) is 6.07 Å². The minimum absolute atomic E-state index is 0.123. The number of fused-ring (bicyclic) bond motifs is 9. The molecule has 4 heterocycles. The van der Waals surface area contributed by atoms with Gasteiger partial charge in [-0.25, -0.2) is 9.37 Å². The maximum Gasteiger partial charge on any atom is 0.417 e. The number of imidazole rings is 1. The van der Waals surface area contributed by atoms with Crippen LogP contribution in [-0.4, -0.2) is 70.6 Å². The molecule has 8 nitrogen and oxygen atoms in total. The number of carbonyl (C=O) groups is 1. The minimum atomic E-state index is -4.96. The highest BCUT2D eigenvalue weighted by Gasteiger charge is 2.69. The summed E-state index contributed by atoms with van der Waals surface area (Å²) >= 11 is 0. The Morgan fingerprint density at radius 1 is 1.08 bits per heavy atom. The van der Waals surface area contributed by atoms with E-state index in [1.807, 2.05) is 4.57 Å². The molecule has 49 heavy (non-hydrogen) atoms. The van der Waals surface area contributed by atoms with E-state index in [2.05, 4.69) is 4.98 Å². The molecule has 3 atom stereocenters. The number of pyridine rings is 1. The summed E-state index contributed by atoms with van der Waals surface area (Å²) in [5.74, 6) is -1.15. The van der Waals surface area contributed by atoms with Crippen molar-refractivity contribution in [2.45, 2.75) is 80.7 Å². The van der Waals surface area contributed by atoms with Gasteiger partial charge < -0.3 is 19.3 Å².